The highest BCUT2D eigenvalue weighted by atomic mass is 35.5. The van der Waals surface area contributed by atoms with E-state index in [-0.39, 0.29) is 52.7 Å². The van der Waals surface area contributed by atoms with Crippen molar-refractivity contribution in [3.8, 4) is 0 Å². The van der Waals surface area contributed by atoms with Gasteiger partial charge >= 0.3 is 11.7 Å². The van der Waals surface area contributed by atoms with Crippen LogP contribution in [-0.2, 0) is 11.0 Å². The number of rotatable bonds is 4. The number of pyridine rings is 1. The zero-order valence-corrected chi connectivity index (χ0v) is 17.1. The normalized spacial score (nSPS) is 14.9. The molecule has 1 aromatic heterocycles. The van der Waals surface area contributed by atoms with E-state index in [0.717, 1.165) is 12.1 Å². The highest BCUT2D eigenvalue weighted by Gasteiger charge is 2.36. The summed E-state index contributed by atoms with van der Waals surface area (Å²) < 4.78 is 77.0. The van der Waals surface area contributed by atoms with Crippen LogP contribution in [0.25, 0.3) is 0 Å². The summed E-state index contributed by atoms with van der Waals surface area (Å²) in [6.45, 7) is 0.187. The smallest absolute Gasteiger partial charge is 0.352 e. The average Bonchev–Trinajstić information content (AvgIpc) is 2.69. The molecule has 1 aliphatic heterocycles. The lowest BCUT2D eigenvalue weighted by Gasteiger charge is -2.29. The van der Waals surface area contributed by atoms with Crippen LogP contribution in [-0.4, -0.2) is 29.5 Å². The van der Waals surface area contributed by atoms with Gasteiger partial charge in [-0.25, -0.2) is 4.98 Å². The minimum Gasteiger partial charge on any atom is -0.352 e. The number of halogens is 7. The van der Waals surface area contributed by atoms with Gasteiger partial charge in [0, 0.05) is 35.4 Å². The molecule has 4 nitrogen and oxygen atoms in total. The van der Waals surface area contributed by atoms with Crippen molar-refractivity contribution in [2.45, 2.75) is 23.0 Å². The molecule has 0 saturated carbocycles. The Kier molecular flexibility index (Phi) is 6.75. The van der Waals surface area contributed by atoms with Crippen molar-refractivity contribution in [3.05, 3.63) is 58.8 Å². The van der Waals surface area contributed by atoms with Crippen molar-refractivity contribution in [1.82, 2.24) is 4.98 Å². The number of hydrogen-bond acceptors (Lipinski definition) is 4. The molecule has 2 aromatic rings. The minimum absolute atomic E-state index is 0.0464. The lowest BCUT2D eigenvalue weighted by atomic mass is 10.1. The number of thioether (sulfide) groups is 1. The summed E-state index contributed by atoms with van der Waals surface area (Å²) in [6.07, 6.45) is -1.64. The fourth-order valence-electron chi connectivity index (χ4n) is 2.94. The number of carbonyl (C=O) groups is 1. The molecule has 3 rings (SSSR count). The maximum Gasteiger partial charge on any atom is 0.446 e. The number of carbonyl (C=O) groups excluding carboxylic acids is 1. The first kappa shape index (κ1) is 23.3. The highest BCUT2D eigenvalue weighted by Crippen LogP contribution is 2.41. The Hall–Kier alpha value is -2.40. The van der Waals surface area contributed by atoms with Crippen LogP contribution in [0.2, 0.25) is 5.02 Å². The van der Waals surface area contributed by atoms with Crippen LogP contribution in [0.5, 0.6) is 0 Å². The van der Waals surface area contributed by atoms with Crippen LogP contribution in [0.15, 0.2) is 53.1 Å². The number of anilines is 2. The Balaban J connectivity index is 1.68. The van der Waals surface area contributed by atoms with Gasteiger partial charge in [-0.05, 0) is 48.5 Å². The maximum atomic E-state index is 13.2. The second kappa shape index (κ2) is 8.99. The van der Waals surface area contributed by atoms with Gasteiger partial charge in [0.2, 0.25) is 0 Å². The molecule has 12 heteroatoms. The van der Waals surface area contributed by atoms with Crippen LogP contribution >= 0.6 is 23.4 Å². The van der Waals surface area contributed by atoms with E-state index in [9.17, 15) is 31.1 Å². The highest BCUT2D eigenvalue weighted by molar-refractivity contribution is 8.00. The van der Waals surface area contributed by atoms with E-state index >= 15 is 0 Å². The quantitative estimate of drug-likeness (QED) is 0.421. The second-order valence-corrected chi connectivity index (χ2v) is 7.96. The Bertz CT molecular complexity index is 1010. The fraction of sp³-hybridized carbons (Fsp3) is 0.263. The number of amides is 1. The maximum absolute atomic E-state index is 13.2. The molecular weight excluding hydrogens is 468 g/mol. The summed E-state index contributed by atoms with van der Waals surface area (Å²) in [5.74, 6) is -0.723. The third-order valence-corrected chi connectivity index (χ3v) is 5.54. The van der Waals surface area contributed by atoms with Crippen LogP contribution in [0.4, 0.5) is 37.8 Å². The van der Waals surface area contributed by atoms with Crippen molar-refractivity contribution in [3.63, 3.8) is 0 Å². The predicted molar refractivity (Wildman–Crippen MR) is 106 cm³/mol. The summed E-state index contributed by atoms with van der Waals surface area (Å²) in [5, 5.41) is 2.37. The van der Waals surface area contributed by atoms with E-state index in [1.54, 1.807) is 0 Å². The number of aromatic nitrogens is 1. The molecule has 166 valence electrons. The van der Waals surface area contributed by atoms with Gasteiger partial charge < -0.3 is 10.2 Å². The van der Waals surface area contributed by atoms with Crippen molar-refractivity contribution in [2.75, 3.05) is 23.3 Å². The first-order valence-electron chi connectivity index (χ1n) is 8.77. The summed E-state index contributed by atoms with van der Waals surface area (Å²) in [7, 11) is 0. The lowest BCUT2D eigenvalue weighted by Crippen LogP contribution is -2.33. The molecule has 0 fully saturated rings. The van der Waals surface area contributed by atoms with Crippen LogP contribution in [0.3, 0.4) is 0 Å². The number of nitrogens with one attached hydrogen (secondary N) is 1. The van der Waals surface area contributed by atoms with Gasteiger partial charge in [0.25, 0.3) is 5.91 Å². The first-order valence-corrected chi connectivity index (χ1v) is 9.96. The zero-order valence-electron chi connectivity index (χ0n) is 15.5. The molecule has 0 unspecified atom stereocenters. The molecule has 1 N–H and O–H groups in total. The second-order valence-electron chi connectivity index (χ2n) is 6.44. The first-order chi connectivity index (χ1) is 14.4. The summed E-state index contributed by atoms with van der Waals surface area (Å²) >= 11 is 5.49. The van der Waals surface area contributed by atoms with Gasteiger partial charge in [0.1, 0.15) is 5.82 Å². The molecule has 1 aliphatic rings. The number of benzene rings is 1. The number of alkyl halides is 6. The van der Waals surface area contributed by atoms with Crippen LogP contribution < -0.4 is 10.2 Å². The van der Waals surface area contributed by atoms with Gasteiger partial charge in [-0.2, -0.15) is 26.3 Å². The van der Waals surface area contributed by atoms with E-state index in [1.165, 1.54) is 35.4 Å². The minimum atomic E-state index is -4.55. The summed E-state index contributed by atoms with van der Waals surface area (Å²) in [6, 6.07) is 5.78. The monoisotopic (exact) mass is 481 g/mol. The van der Waals surface area contributed by atoms with E-state index in [4.69, 9.17) is 11.6 Å². The van der Waals surface area contributed by atoms with Crippen molar-refractivity contribution in [1.29, 1.82) is 0 Å². The van der Waals surface area contributed by atoms with Gasteiger partial charge in [-0.3, -0.25) is 4.79 Å². The molecule has 31 heavy (non-hydrogen) atoms. The molecule has 0 aliphatic carbocycles. The van der Waals surface area contributed by atoms with E-state index < -0.39 is 23.2 Å². The zero-order chi connectivity index (χ0) is 22.8. The van der Waals surface area contributed by atoms with E-state index in [1.807, 2.05) is 0 Å². The van der Waals surface area contributed by atoms with Gasteiger partial charge in [0.05, 0.1) is 10.6 Å². The van der Waals surface area contributed by atoms with Crippen LogP contribution in [0, 0.1) is 0 Å². The van der Waals surface area contributed by atoms with Crippen molar-refractivity contribution >= 4 is 40.8 Å². The van der Waals surface area contributed by atoms with Gasteiger partial charge in [-0.15, -0.1) is 0 Å². The summed E-state index contributed by atoms with van der Waals surface area (Å²) in [5.41, 5.74) is -4.81. The van der Waals surface area contributed by atoms with Gasteiger partial charge in [-0.1, -0.05) is 17.7 Å². The topological polar surface area (TPSA) is 45.2 Å². The molecule has 0 radical (unpaired) electrons. The molecule has 0 atom stereocenters. The Morgan fingerprint density at radius 1 is 1.16 bits per heavy atom. The number of hydrogen-bond donors (Lipinski definition) is 1. The molecule has 0 bridgehead atoms. The molecule has 0 saturated heterocycles. The number of nitrogens with zero attached hydrogens (tertiary/aromatic N) is 2. The Labute approximate surface area is 182 Å². The third kappa shape index (κ3) is 6.07. The lowest BCUT2D eigenvalue weighted by molar-refractivity contribution is -0.137. The summed E-state index contributed by atoms with van der Waals surface area (Å²) in [4.78, 5) is 17.5. The average molecular weight is 482 g/mol. The Morgan fingerprint density at radius 2 is 1.90 bits per heavy atom. The van der Waals surface area contributed by atoms with Crippen molar-refractivity contribution in [2.24, 2.45) is 0 Å². The predicted octanol–water partition coefficient (Wildman–Crippen LogP) is 6.14. The Morgan fingerprint density at radius 3 is 2.48 bits per heavy atom. The van der Waals surface area contributed by atoms with E-state index in [2.05, 4.69) is 10.3 Å². The molecule has 1 aromatic carbocycles. The van der Waals surface area contributed by atoms with E-state index in [0.29, 0.717) is 5.57 Å². The third-order valence-electron chi connectivity index (χ3n) is 4.31. The molecule has 1 amide bonds. The molecule has 2 heterocycles. The molecular formula is C19H14ClF6N3OS. The molecule has 0 spiro atoms. The van der Waals surface area contributed by atoms with Crippen LogP contribution in [0.1, 0.15) is 12.0 Å². The van der Waals surface area contributed by atoms with Crippen molar-refractivity contribution < 1.29 is 31.1 Å². The SMILES string of the molecule is O=C(Nc1ccc(SC(F)(F)F)c(Cl)c1)C1=CCN(c2ncccc2C(F)(F)F)CC1. The fourth-order valence-corrected chi connectivity index (χ4v) is 3.77. The largest absolute Gasteiger partial charge is 0.446 e. The standard InChI is InChI=1S/C19H14ClF6N3OS/c20-14-10-12(3-4-15(14)31-19(24,25)26)28-17(30)11-5-8-29(9-6-11)16-13(18(21,22)23)2-1-7-27-16/h1-5,7,10H,6,8-9H2,(H,28,30). The van der Waals surface area contributed by atoms with Gasteiger partial charge in [0.15, 0.2) is 0 Å².